The second-order valence-corrected chi connectivity index (χ2v) is 23.0. The Labute approximate surface area is 446 Å². The summed E-state index contributed by atoms with van der Waals surface area (Å²) in [4.78, 5) is 112. The van der Waals surface area contributed by atoms with Crippen molar-refractivity contribution in [3.05, 3.63) is 71.8 Å². The molecule has 1 fully saturated rings. The number of hydrogen-bond donors (Lipinski definition) is 8. The normalized spacial score (nSPS) is 16.4. The molecular weight excluding hydrogens is 957 g/mol. The van der Waals surface area contributed by atoms with Crippen LogP contribution in [0.25, 0.3) is 0 Å². The molecule has 1 saturated carbocycles. The van der Waals surface area contributed by atoms with Crippen molar-refractivity contribution in [3.63, 3.8) is 0 Å². The van der Waals surface area contributed by atoms with Gasteiger partial charge in [-0.3, -0.25) is 34.1 Å². The molecule has 1 aliphatic carbocycles. The average Bonchev–Trinajstić information content (AvgIpc) is 3.32. The molecule has 0 aromatic heterocycles. The lowest BCUT2D eigenvalue weighted by Crippen LogP contribution is -2.69. The summed E-state index contributed by atoms with van der Waals surface area (Å²) >= 11 is 0. The number of hydrogen-bond acceptors (Lipinski definition) is 11. The van der Waals surface area contributed by atoms with Gasteiger partial charge in [-0.1, -0.05) is 136 Å². The van der Waals surface area contributed by atoms with E-state index in [1.54, 1.807) is 48.5 Å². The lowest BCUT2D eigenvalue weighted by atomic mass is 9.86. The van der Waals surface area contributed by atoms with Crippen molar-refractivity contribution in [3.8, 4) is 0 Å². The van der Waals surface area contributed by atoms with Crippen LogP contribution in [0.4, 0.5) is 4.79 Å². The predicted molar refractivity (Wildman–Crippen MR) is 289 cm³/mol. The van der Waals surface area contributed by atoms with Crippen molar-refractivity contribution in [1.82, 2.24) is 42.5 Å². The van der Waals surface area contributed by atoms with Crippen molar-refractivity contribution in [2.45, 2.75) is 201 Å². The molecule has 3 rings (SSSR count). The van der Waals surface area contributed by atoms with Crippen LogP contribution >= 0.6 is 0 Å². The third-order valence-electron chi connectivity index (χ3n) is 13.0. The van der Waals surface area contributed by atoms with E-state index in [9.17, 15) is 38.4 Å². The minimum Gasteiger partial charge on any atom is -0.467 e. The van der Waals surface area contributed by atoms with Gasteiger partial charge in [-0.05, 0) is 100 Å². The summed E-state index contributed by atoms with van der Waals surface area (Å²) in [6.07, 6.45) is 3.24. The van der Waals surface area contributed by atoms with Gasteiger partial charge in [0.25, 0.3) is 0 Å². The van der Waals surface area contributed by atoms with E-state index < -0.39 is 107 Å². The number of esters is 1. The lowest BCUT2D eigenvalue weighted by Gasteiger charge is -2.43. The molecule has 2 aromatic rings. The van der Waals surface area contributed by atoms with Crippen LogP contribution in [0.15, 0.2) is 60.7 Å². The van der Waals surface area contributed by atoms with E-state index in [0.717, 1.165) is 30.4 Å². The molecule has 1 aliphatic rings. The lowest BCUT2D eigenvalue weighted by molar-refractivity contribution is -0.146. The van der Waals surface area contributed by atoms with Crippen LogP contribution in [0, 0.1) is 29.6 Å². The molecule has 7 atom stereocenters. The summed E-state index contributed by atoms with van der Waals surface area (Å²) in [5.74, 6) is -5.07. The molecule has 18 nitrogen and oxygen atoms in total. The second kappa shape index (κ2) is 29.9. The first-order valence-electron chi connectivity index (χ1n) is 26.9. The van der Waals surface area contributed by atoms with Crippen LogP contribution in [-0.2, 0) is 55.9 Å². The Balaban J connectivity index is 1.91. The zero-order chi connectivity index (χ0) is 56.2. The molecule has 8 N–H and O–H groups in total. The minimum absolute atomic E-state index is 0.00354. The zero-order valence-corrected chi connectivity index (χ0v) is 47.1. The van der Waals surface area contributed by atoms with Crippen molar-refractivity contribution < 1.29 is 47.8 Å². The van der Waals surface area contributed by atoms with E-state index in [2.05, 4.69) is 42.5 Å². The number of amides is 7. The standard InChI is InChI=1S/C57H90N8O10/c1-34(2)30-41(48(66)58-44(33-40-26-20-16-21-27-40)51(69)63-47(38(9)10)54(72)74-14)60-52(70)46(37(7)8)64-57(28-22-17-23-29-57)65-53(71)45(36(5)6)62-50(68)43(32-39-24-18-15-19-25-39)59-49(67)42(31-35(3)4)61-55(73)75-56(11,12)13/h15-16,18-21,24-27,34-38,41-47,64H,17,22-23,28-33H2,1-14H3,(H,58,66)(H,59,67)(H,60,70)(H,61,73)(H,62,68)(H,63,69)(H,65,71)/t41-,42-,43-,44-,45-,46-,47-/m0/s1. The van der Waals surface area contributed by atoms with E-state index >= 15 is 0 Å². The highest BCUT2D eigenvalue weighted by atomic mass is 16.6. The maximum Gasteiger partial charge on any atom is 0.408 e. The van der Waals surface area contributed by atoms with Gasteiger partial charge in [-0.15, -0.1) is 0 Å². The molecular formula is C57H90N8O10. The molecule has 0 saturated heterocycles. The van der Waals surface area contributed by atoms with Gasteiger partial charge in [0.05, 0.1) is 18.8 Å². The SMILES string of the molecule is COC(=O)[C@@H](NC(=O)[C@H](Cc1ccccc1)NC(=O)[C@H](CC(C)C)NC(=O)[C@@H](NC1(NC(=O)[C@@H](NC(=O)[C@H](Cc2ccccc2)NC(=O)[C@H](CC(C)C)NC(=O)OC(C)(C)C)C(C)C)CCCCC1)C(C)C)C(C)C. The van der Waals surface area contributed by atoms with Crippen LogP contribution in [0.5, 0.6) is 0 Å². The third-order valence-corrected chi connectivity index (χ3v) is 13.0. The number of methoxy groups -OCH3 is 1. The van der Waals surface area contributed by atoms with E-state index in [0.29, 0.717) is 12.8 Å². The smallest absolute Gasteiger partial charge is 0.408 e. The number of alkyl carbamates (subject to hydrolysis) is 1. The van der Waals surface area contributed by atoms with E-state index in [4.69, 9.17) is 9.47 Å². The van der Waals surface area contributed by atoms with Gasteiger partial charge >= 0.3 is 12.1 Å². The predicted octanol–water partition coefficient (Wildman–Crippen LogP) is 5.76. The fourth-order valence-electron chi connectivity index (χ4n) is 9.05. The number of benzene rings is 2. The Hall–Kier alpha value is -6.04. The van der Waals surface area contributed by atoms with Gasteiger partial charge in [0.15, 0.2) is 0 Å². The van der Waals surface area contributed by atoms with Gasteiger partial charge < -0.3 is 46.7 Å². The molecule has 75 heavy (non-hydrogen) atoms. The molecule has 0 heterocycles. The number of nitrogens with one attached hydrogen (secondary N) is 8. The van der Waals surface area contributed by atoms with Gasteiger partial charge in [-0.2, -0.15) is 0 Å². The first-order chi connectivity index (χ1) is 35.1. The molecule has 0 bridgehead atoms. The van der Waals surface area contributed by atoms with Crippen LogP contribution in [-0.4, -0.2) is 108 Å². The van der Waals surface area contributed by atoms with Crippen LogP contribution in [0.2, 0.25) is 0 Å². The Morgan fingerprint density at radius 2 is 0.893 bits per heavy atom. The summed E-state index contributed by atoms with van der Waals surface area (Å²) in [6.45, 7) is 23.7. The van der Waals surface area contributed by atoms with E-state index in [-0.39, 0.29) is 49.4 Å². The fraction of sp³-hybridized carbons (Fsp3) is 0.649. The Morgan fingerprint density at radius 3 is 1.29 bits per heavy atom. The highest BCUT2D eigenvalue weighted by molar-refractivity contribution is 5.96. The minimum atomic E-state index is -1.14. The van der Waals surface area contributed by atoms with Crippen molar-refractivity contribution in [2.24, 2.45) is 29.6 Å². The van der Waals surface area contributed by atoms with Crippen LogP contribution < -0.4 is 42.5 Å². The zero-order valence-electron chi connectivity index (χ0n) is 47.1. The second-order valence-electron chi connectivity index (χ2n) is 23.0. The number of carbonyl (C=O) groups is 8. The highest BCUT2D eigenvalue weighted by Gasteiger charge is 2.42. The van der Waals surface area contributed by atoms with E-state index in [1.807, 2.05) is 102 Å². The quantitative estimate of drug-likeness (QED) is 0.0395. The topological polar surface area (TPSA) is 251 Å². The molecule has 0 aliphatic heterocycles. The van der Waals surface area contributed by atoms with Crippen molar-refractivity contribution in [1.29, 1.82) is 0 Å². The van der Waals surface area contributed by atoms with E-state index in [1.165, 1.54) is 7.11 Å². The van der Waals surface area contributed by atoms with Crippen LogP contribution in [0.1, 0.15) is 146 Å². The van der Waals surface area contributed by atoms with Crippen LogP contribution in [0.3, 0.4) is 0 Å². The summed E-state index contributed by atoms with van der Waals surface area (Å²) < 4.78 is 10.4. The molecule has 2 aromatic carbocycles. The number of carbonyl (C=O) groups excluding carboxylic acids is 8. The monoisotopic (exact) mass is 1050 g/mol. The maximum atomic E-state index is 14.7. The molecule has 0 radical (unpaired) electrons. The molecule has 18 heteroatoms. The number of ether oxygens (including phenoxy) is 2. The first-order valence-corrected chi connectivity index (χ1v) is 26.9. The average molecular weight is 1050 g/mol. The largest absolute Gasteiger partial charge is 0.467 e. The molecule has 0 unspecified atom stereocenters. The van der Waals surface area contributed by atoms with Gasteiger partial charge in [0.2, 0.25) is 35.4 Å². The Kier molecular flexibility index (Phi) is 25.2. The van der Waals surface area contributed by atoms with Crippen molar-refractivity contribution in [2.75, 3.05) is 7.11 Å². The molecule has 418 valence electrons. The van der Waals surface area contributed by atoms with Gasteiger partial charge in [-0.25, -0.2) is 9.59 Å². The van der Waals surface area contributed by atoms with Crippen molar-refractivity contribution >= 4 is 47.5 Å². The maximum absolute atomic E-state index is 14.7. The fourth-order valence-corrected chi connectivity index (χ4v) is 9.05. The number of rotatable bonds is 27. The Bertz CT molecular complexity index is 2170. The van der Waals surface area contributed by atoms with Gasteiger partial charge in [0, 0.05) is 12.8 Å². The van der Waals surface area contributed by atoms with Gasteiger partial charge in [0.1, 0.15) is 41.9 Å². The third kappa shape index (κ3) is 21.6. The summed E-state index contributed by atoms with van der Waals surface area (Å²) in [7, 11) is 1.24. The Morgan fingerprint density at radius 1 is 0.493 bits per heavy atom. The summed E-state index contributed by atoms with van der Waals surface area (Å²) in [5.41, 5.74) is -0.371. The summed E-state index contributed by atoms with van der Waals surface area (Å²) in [5, 5.41) is 23.9. The molecule has 0 spiro atoms. The molecule has 7 amide bonds. The first kappa shape index (κ1) is 63.3. The highest BCUT2D eigenvalue weighted by Crippen LogP contribution is 2.28. The summed E-state index contributed by atoms with van der Waals surface area (Å²) in [6, 6.07) is 11.0.